The van der Waals surface area contributed by atoms with Crippen molar-refractivity contribution < 1.29 is 4.74 Å². The first kappa shape index (κ1) is 16.1. The largest absolute Gasteiger partial charge is 0.497 e. The fourth-order valence-corrected chi connectivity index (χ4v) is 2.44. The lowest BCUT2D eigenvalue weighted by Gasteiger charge is -2.11. The van der Waals surface area contributed by atoms with Crippen LogP contribution < -0.4 is 10.1 Å². The van der Waals surface area contributed by atoms with Gasteiger partial charge in [0.15, 0.2) is 0 Å². The Morgan fingerprint density at radius 3 is 2.33 bits per heavy atom. The van der Waals surface area contributed by atoms with Gasteiger partial charge in [0.25, 0.3) is 0 Å². The number of anilines is 1. The van der Waals surface area contributed by atoms with E-state index >= 15 is 0 Å². The summed E-state index contributed by atoms with van der Waals surface area (Å²) in [5.74, 6) is 1.55. The summed E-state index contributed by atoms with van der Waals surface area (Å²) in [7, 11) is 1.65. The molecule has 3 aromatic rings. The normalized spacial score (nSPS) is 11.2. The summed E-state index contributed by atoms with van der Waals surface area (Å²) in [5.41, 5.74) is 2.71. The molecule has 3 nitrogen and oxygen atoms in total. The number of hydrogen-bond donors (Lipinski definition) is 1. The average Bonchev–Trinajstić information content (AvgIpc) is 2.62. The van der Waals surface area contributed by atoms with Crippen molar-refractivity contribution in [3.05, 3.63) is 89.4 Å². The van der Waals surface area contributed by atoms with Crippen LogP contribution in [0.4, 0.5) is 11.4 Å². The highest BCUT2D eigenvalue weighted by atomic mass is 35.5. The third-order valence-electron chi connectivity index (χ3n) is 3.45. The molecule has 0 heterocycles. The summed E-state index contributed by atoms with van der Waals surface area (Å²) < 4.78 is 5.22. The van der Waals surface area contributed by atoms with Crippen molar-refractivity contribution >= 4 is 28.8 Å². The van der Waals surface area contributed by atoms with E-state index in [1.54, 1.807) is 7.11 Å². The second-order valence-corrected chi connectivity index (χ2v) is 5.60. The van der Waals surface area contributed by atoms with Crippen molar-refractivity contribution in [2.45, 2.75) is 0 Å². The maximum atomic E-state index is 6.08. The zero-order valence-corrected chi connectivity index (χ0v) is 14.0. The van der Waals surface area contributed by atoms with Gasteiger partial charge in [0.1, 0.15) is 11.6 Å². The van der Waals surface area contributed by atoms with Crippen molar-refractivity contribution in [3.8, 4) is 5.75 Å². The zero-order valence-electron chi connectivity index (χ0n) is 13.2. The molecule has 0 aliphatic carbocycles. The third-order valence-corrected chi connectivity index (χ3v) is 3.68. The Hall–Kier alpha value is -2.78. The van der Waals surface area contributed by atoms with Crippen LogP contribution in [0.5, 0.6) is 5.75 Å². The quantitative estimate of drug-likeness (QED) is 0.501. The predicted octanol–water partition coefficient (Wildman–Crippen LogP) is 5.54. The summed E-state index contributed by atoms with van der Waals surface area (Å²) in [6.07, 6.45) is 0. The minimum absolute atomic E-state index is 0.675. The highest BCUT2D eigenvalue weighted by molar-refractivity contribution is 6.31. The summed E-state index contributed by atoms with van der Waals surface area (Å²) in [6, 6.07) is 25.1. The van der Waals surface area contributed by atoms with Gasteiger partial charge < -0.3 is 10.1 Å². The Bertz CT molecular complexity index is 830. The molecule has 0 saturated heterocycles. The van der Waals surface area contributed by atoms with E-state index in [2.05, 4.69) is 5.32 Å². The van der Waals surface area contributed by atoms with Crippen molar-refractivity contribution in [3.63, 3.8) is 0 Å². The van der Waals surface area contributed by atoms with Crippen LogP contribution in [0, 0.1) is 0 Å². The second-order valence-electron chi connectivity index (χ2n) is 5.16. The van der Waals surface area contributed by atoms with Crippen LogP contribution in [0.1, 0.15) is 5.56 Å². The van der Waals surface area contributed by atoms with Gasteiger partial charge in [-0.2, -0.15) is 0 Å². The van der Waals surface area contributed by atoms with Crippen molar-refractivity contribution in [1.82, 2.24) is 0 Å². The summed E-state index contributed by atoms with van der Waals surface area (Å²) in [5, 5.41) is 4.02. The van der Waals surface area contributed by atoms with Crippen molar-refractivity contribution in [1.29, 1.82) is 0 Å². The monoisotopic (exact) mass is 336 g/mol. The topological polar surface area (TPSA) is 33.6 Å². The molecule has 3 aromatic carbocycles. The molecular weight excluding hydrogens is 320 g/mol. The Labute approximate surface area is 146 Å². The Morgan fingerprint density at radius 1 is 0.917 bits per heavy atom. The van der Waals surface area contributed by atoms with E-state index in [1.807, 2.05) is 78.9 Å². The molecule has 0 fully saturated rings. The lowest BCUT2D eigenvalue weighted by molar-refractivity contribution is 0.415. The Morgan fingerprint density at radius 2 is 1.67 bits per heavy atom. The number of para-hydroxylation sites is 1. The van der Waals surface area contributed by atoms with Gasteiger partial charge in [0.05, 0.1) is 12.8 Å². The van der Waals surface area contributed by atoms with Crippen LogP contribution in [0.25, 0.3) is 0 Å². The molecule has 0 spiro atoms. The van der Waals surface area contributed by atoms with E-state index in [9.17, 15) is 0 Å². The molecule has 0 radical (unpaired) electrons. The zero-order chi connectivity index (χ0) is 16.8. The van der Waals surface area contributed by atoms with E-state index in [4.69, 9.17) is 21.3 Å². The van der Waals surface area contributed by atoms with Crippen LogP contribution in [-0.4, -0.2) is 12.9 Å². The van der Waals surface area contributed by atoms with Gasteiger partial charge in [-0.3, -0.25) is 0 Å². The predicted molar refractivity (Wildman–Crippen MR) is 101 cm³/mol. The molecule has 0 aromatic heterocycles. The van der Waals surface area contributed by atoms with E-state index in [0.717, 1.165) is 28.5 Å². The molecule has 120 valence electrons. The lowest BCUT2D eigenvalue weighted by Crippen LogP contribution is -2.13. The number of halogens is 1. The fourth-order valence-electron chi connectivity index (χ4n) is 2.25. The highest BCUT2D eigenvalue weighted by Gasteiger charge is 2.06. The van der Waals surface area contributed by atoms with Gasteiger partial charge >= 0.3 is 0 Å². The van der Waals surface area contributed by atoms with E-state index in [-0.39, 0.29) is 0 Å². The number of hydrogen-bond acceptors (Lipinski definition) is 2. The van der Waals surface area contributed by atoms with E-state index < -0.39 is 0 Å². The molecule has 24 heavy (non-hydrogen) atoms. The van der Waals surface area contributed by atoms with Gasteiger partial charge in [-0.15, -0.1) is 0 Å². The molecule has 0 bridgehead atoms. The molecule has 4 heteroatoms. The number of amidine groups is 1. The molecule has 0 aliphatic rings. The molecular formula is C20H17ClN2O. The van der Waals surface area contributed by atoms with Crippen LogP contribution >= 0.6 is 11.6 Å². The number of aliphatic imine (C=N–C) groups is 1. The van der Waals surface area contributed by atoms with Gasteiger partial charge in [-0.1, -0.05) is 35.9 Å². The number of rotatable bonds is 4. The first-order chi connectivity index (χ1) is 11.7. The van der Waals surface area contributed by atoms with Crippen LogP contribution in [0.15, 0.2) is 83.9 Å². The summed E-state index contributed by atoms with van der Waals surface area (Å²) in [6.45, 7) is 0. The average molecular weight is 337 g/mol. The number of nitrogens with zero attached hydrogens (tertiary/aromatic N) is 1. The van der Waals surface area contributed by atoms with E-state index in [1.165, 1.54) is 0 Å². The number of methoxy groups -OCH3 is 1. The van der Waals surface area contributed by atoms with Crippen molar-refractivity contribution in [2.75, 3.05) is 12.4 Å². The van der Waals surface area contributed by atoms with Crippen molar-refractivity contribution in [2.24, 2.45) is 4.99 Å². The Balaban J connectivity index is 1.98. The minimum Gasteiger partial charge on any atom is -0.497 e. The summed E-state index contributed by atoms with van der Waals surface area (Å²) >= 11 is 6.08. The molecule has 0 atom stereocenters. The molecule has 3 rings (SSSR count). The van der Waals surface area contributed by atoms with Gasteiger partial charge in [-0.05, 0) is 54.6 Å². The molecule has 0 saturated carbocycles. The smallest absolute Gasteiger partial charge is 0.138 e. The second kappa shape index (κ2) is 7.66. The molecule has 1 N–H and O–H groups in total. The number of ether oxygens (including phenoxy) is 1. The SMILES string of the molecule is COc1ccc(C(=Nc2ccccc2)Nc2cccc(Cl)c2)cc1. The van der Waals surface area contributed by atoms with Crippen LogP contribution in [0.3, 0.4) is 0 Å². The maximum Gasteiger partial charge on any atom is 0.138 e. The third kappa shape index (κ3) is 4.15. The fraction of sp³-hybridized carbons (Fsp3) is 0.0500. The number of benzene rings is 3. The van der Waals surface area contributed by atoms with Crippen LogP contribution in [0.2, 0.25) is 5.02 Å². The van der Waals surface area contributed by atoms with Gasteiger partial charge in [0.2, 0.25) is 0 Å². The molecule has 0 aliphatic heterocycles. The first-order valence-corrected chi connectivity index (χ1v) is 7.93. The Kier molecular flexibility index (Phi) is 5.14. The molecule has 0 amide bonds. The molecule has 0 unspecified atom stereocenters. The van der Waals surface area contributed by atoms with Gasteiger partial charge in [-0.25, -0.2) is 4.99 Å². The van der Waals surface area contributed by atoms with Gasteiger partial charge in [0, 0.05) is 16.3 Å². The number of nitrogens with one attached hydrogen (secondary N) is 1. The standard InChI is InChI=1S/C20H17ClN2O/c1-24-19-12-10-15(11-13-19)20(22-17-7-3-2-4-8-17)23-18-9-5-6-16(21)14-18/h2-14H,1H3,(H,22,23). The van der Waals surface area contributed by atoms with E-state index in [0.29, 0.717) is 5.02 Å². The minimum atomic E-state index is 0.675. The first-order valence-electron chi connectivity index (χ1n) is 7.55. The maximum absolute atomic E-state index is 6.08. The highest BCUT2D eigenvalue weighted by Crippen LogP contribution is 2.20. The van der Waals surface area contributed by atoms with Crippen LogP contribution in [-0.2, 0) is 0 Å². The lowest BCUT2D eigenvalue weighted by atomic mass is 10.2. The summed E-state index contributed by atoms with van der Waals surface area (Å²) in [4.78, 5) is 4.73.